The van der Waals surface area contributed by atoms with Gasteiger partial charge in [0, 0.05) is 15.9 Å². The molecule has 120 valence electrons. The van der Waals surface area contributed by atoms with E-state index < -0.39 is 0 Å². The number of rotatable bonds is 5. The molecule has 4 nitrogen and oxygen atoms in total. The topological polar surface area (TPSA) is 70.5 Å². The molecule has 22 heavy (non-hydrogen) atoms. The molecular weight excluding hydrogens is 339 g/mol. The van der Waals surface area contributed by atoms with Gasteiger partial charge in [-0.05, 0) is 35.1 Å². The first-order valence-corrected chi connectivity index (χ1v) is 8.55. The Balaban J connectivity index is 0.00000116. The molecule has 0 radical (unpaired) electrons. The Morgan fingerprint density at radius 1 is 1.18 bits per heavy atom. The molecule has 0 fully saturated rings. The molecule has 0 aliphatic carbocycles. The Bertz CT molecular complexity index is 597. The van der Waals surface area contributed by atoms with Crippen LogP contribution in [0.1, 0.15) is 19.4 Å². The summed E-state index contributed by atoms with van der Waals surface area (Å²) in [6, 6.07) is 11.4. The molecule has 0 heterocycles. The molecular formula is C15H20ClN2O2PS. The lowest BCUT2D eigenvalue weighted by molar-refractivity contribution is -0.308. The summed E-state index contributed by atoms with van der Waals surface area (Å²) >= 11 is 10.5. The second kappa shape index (κ2) is 10.1. The van der Waals surface area contributed by atoms with Crippen LogP contribution in [-0.4, -0.2) is 0 Å². The van der Waals surface area contributed by atoms with E-state index in [2.05, 4.69) is 17.6 Å². The van der Waals surface area contributed by atoms with Gasteiger partial charge in [-0.3, -0.25) is 0 Å². The third-order valence-electron chi connectivity index (χ3n) is 2.61. The van der Waals surface area contributed by atoms with Gasteiger partial charge in [-0.2, -0.15) is 5.90 Å². The molecule has 0 saturated heterocycles. The number of halogens is 1. The van der Waals surface area contributed by atoms with Crippen LogP contribution >= 0.6 is 32.8 Å². The number of thiol groups is 1. The molecule has 2 aromatic rings. The summed E-state index contributed by atoms with van der Waals surface area (Å²) in [5, 5.41) is 2.71. The van der Waals surface area contributed by atoms with Crippen molar-refractivity contribution in [2.45, 2.75) is 25.3 Å². The van der Waals surface area contributed by atoms with E-state index in [1.807, 2.05) is 38.1 Å². The molecule has 4 N–H and O–H groups in total. The van der Waals surface area contributed by atoms with Gasteiger partial charge < -0.3 is 5.73 Å². The Labute approximate surface area is 143 Å². The second-order valence-electron chi connectivity index (χ2n) is 4.07. The predicted molar refractivity (Wildman–Crippen MR) is 98.6 cm³/mol. The maximum absolute atomic E-state index is 6.28. The molecule has 0 aromatic heterocycles. The Morgan fingerprint density at radius 3 is 2.41 bits per heavy atom. The zero-order valence-electron chi connectivity index (χ0n) is 12.5. The van der Waals surface area contributed by atoms with Crippen LogP contribution in [0.3, 0.4) is 0 Å². The fourth-order valence-electron chi connectivity index (χ4n) is 1.73. The molecule has 2 rings (SSSR count). The Kier molecular flexibility index (Phi) is 8.79. The summed E-state index contributed by atoms with van der Waals surface area (Å²) in [4.78, 5) is 9.86. The molecule has 0 bridgehead atoms. The van der Waals surface area contributed by atoms with Gasteiger partial charge in [-0.25, -0.2) is 4.89 Å². The minimum Gasteiger partial charge on any atom is -0.399 e. The van der Waals surface area contributed by atoms with Crippen molar-refractivity contribution >= 4 is 49.1 Å². The molecule has 0 aliphatic rings. The lowest BCUT2D eigenvalue weighted by Gasteiger charge is -2.12. The zero-order chi connectivity index (χ0) is 16.5. The number of nitrogens with two attached hydrogens (primary N) is 2. The van der Waals surface area contributed by atoms with Crippen molar-refractivity contribution in [1.82, 2.24) is 0 Å². The van der Waals surface area contributed by atoms with Crippen LogP contribution in [0.25, 0.3) is 0 Å². The summed E-state index contributed by atoms with van der Waals surface area (Å²) in [7, 11) is 0.381. The first kappa shape index (κ1) is 19.2. The van der Waals surface area contributed by atoms with Crippen molar-refractivity contribution in [3.63, 3.8) is 0 Å². The highest BCUT2D eigenvalue weighted by Crippen LogP contribution is 2.24. The highest BCUT2D eigenvalue weighted by Gasteiger charge is 2.10. The Morgan fingerprint density at radius 2 is 1.82 bits per heavy atom. The van der Waals surface area contributed by atoms with E-state index in [4.69, 9.17) is 28.1 Å². The van der Waals surface area contributed by atoms with E-state index in [1.165, 1.54) is 0 Å². The summed E-state index contributed by atoms with van der Waals surface area (Å²) < 4.78 is 0. The number of nitrogen functional groups attached to an aromatic ring is 1. The van der Waals surface area contributed by atoms with Crippen LogP contribution in [0.4, 0.5) is 5.69 Å². The highest BCUT2D eigenvalue weighted by atomic mass is 35.5. The average Bonchev–Trinajstić information content (AvgIpc) is 2.52. The molecule has 7 heteroatoms. The predicted octanol–water partition coefficient (Wildman–Crippen LogP) is 3.19. The van der Waals surface area contributed by atoms with Crippen LogP contribution in [0, 0.1) is 0 Å². The Hall–Kier alpha value is -0.810. The van der Waals surface area contributed by atoms with Crippen LogP contribution in [0.15, 0.2) is 41.3 Å². The van der Waals surface area contributed by atoms with E-state index in [0.717, 1.165) is 21.1 Å². The van der Waals surface area contributed by atoms with Gasteiger partial charge in [-0.1, -0.05) is 46.2 Å². The van der Waals surface area contributed by atoms with Gasteiger partial charge in [0.25, 0.3) is 0 Å². The lowest BCUT2D eigenvalue weighted by Crippen LogP contribution is -2.14. The first-order chi connectivity index (χ1) is 10.6. The normalized spacial score (nSPS) is 10.6. The molecule has 1 unspecified atom stereocenters. The van der Waals surface area contributed by atoms with Crippen LogP contribution < -0.4 is 22.2 Å². The highest BCUT2D eigenvalue weighted by molar-refractivity contribution is 7.80. The maximum atomic E-state index is 6.28. The molecule has 0 aliphatic heterocycles. The maximum Gasteiger partial charge on any atom is 0.110 e. The van der Waals surface area contributed by atoms with E-state index in [1.54, 1.807) is 12.1 Å². The van der Waals surface area contributed by atoms with Gasteiger partial charge in [-0.15, -0.1) is 17.6 Å². The van der Waals surface area contributed by atoms with Crippen molar-refractivity contribution in [2.75, 3.05) is 5.73 Å². The van der Waals surface area contributed by atoms with E-state index >= 15 is 0 Å². The van der Waals surface area contributed by atoms with Crippen molar-refractivity contribution in [3.8, 4) is 0 Å². The fourth-order valence-corrected chi connectivity index (χ4v) is 3.38. The third kappa shape index (κ3) is 5.76. The van der Waals surface area contributed by atoms with Crippen molar-refractivity contribution in [2.24, 2.45) is 5.90 Å². The molecule has 0 amide bonds. The van der Waals surface area contributed by atoms with Gasteiger partial charge >= 0.3 is 0 Å². The molecule has 0 saturated carbocycles. The summed E-state index contributed by atoms with van der Waals surface area (Å²) in [6.07, 6.45) is 0. The first-order valence-electron chi connectivity index (χ1n) is 6.72. The number of anilines is 1. The van der Waals surface area contributed by atoms with Gasteiger partial charge in [0.15, 0.2) is 0 Å². The van der Waals surface area contributed by atoms with Gasteiger partial charge in [0.05, 0.1) is 5.02 Å². The molecule has 2 aromatic carbocycles. The minimum absolute atomic E-state index is 0.189. The quantitative estimate of drug-likeness (QED) is 0.252. The van der Waals surface area contributed by atoms with Gasteiger partial charge in [0.1, 0.15) is 6.61 Å². The van der Waals surface area contributed by atoms with E-state index in [-0.39, 0.29) is 6.61 Å². The van der Waals surface area contributed by atoms with E-state index in [9.17, 15) is 0 Å². The summed E-state index contributed by atoms with van der Waals surface area (Å²) in [6.45, 7) is 4.19. The lowest BCUT2D eigenvalue weighted by atomic mass is 10.2. The fraction of sp³-hybridized carbons (Fsp3) is 0.200. The number of hydrogen-bond donors (Lipinski definition) is 3. The minimum atomic E-state index is 0.189. The van der Waals surface area contributed by atoms with Crippen molar-refractivity contribution in [1.29, 1.82) is 0 Å². The number of benzene rings is 2. The van der Waals surface area contributed by atoms with Crippen LogP contribution in [0.5, 0.6) is 0 Å². The van der Waals surface area contributed by atoms with Crippen molar-refractivity contribution in [3.05, 3.63) is 47.0 Å². The SMILES string of the molecule is CC.NOOCc1cc(N)cc(Cl)c1Pc1ccc(S)cc1. The second-order valence-corrected chi connectivity index (χ2v) is 6.32. The van der Waals surface area contributed by atoms with Gasteiger partial charge in [0.2, 0.25) is 0 Å². The van der Waals surface area contributed by atoms with E-state index in [0.29, 0.717) is 19.3 Å². The molecule has 0 spiro atoms. The largest absolute Gasteiger partial charge is 0.399 e. The number of hydrogen-bond acceptors (Lipinski definition) is 5. The van der Waals surface area contributed by atoms with Crippen LogP contribution in [0.2, 0.25) is 5.02 Å². The van der Waals surface area contributed by atoms with Crippen molar-refractivity contribution < 1.29 is 9.88 Å². The monoisotopic (exact) mass is 358 g/mol. The third-order valence-corrected chi connectivity index (χ3v) is 4.83. The van der Waals surface area contributed by atoms with Crippen LogP contribution in [-0.2, 0) is 16.5 Å². The summed E-state index contributed by atoms with van der Waals surface area (Å²) in [5.41, 5.74) is 7.22. The summed E-state index contributed by atoms with van der Waals surface area (Å²) in [5.74, 6) is 4.88. The smallest absolute Gasteiger partial charge is 0.110 e. The molecule has 1 atom stereocenters. The average molecular weight is 359 g/mol. The standard InChI is InChI=1S/C13H14ClN2O2PS.C2H6/c14-12-6-9(15)5-8(7-17-18-16)13(12)19-10-1-3-11(20)4-2-10;1-2/h1-6,19-20H,7,15-16H2;1-2H3. The zero-order valence-corrected chi connectivity index (χ0v) is 15.1.